The van der Waals surface area contributed by atoms with Crippen molar-refractivity contribution in [1.29, 1.82) is 0 Å². The molecule has 176 valence electrons. The van der Waals surface area contributed by atoms with Crippen molar-refractivity contribution >= 4 is 17.0 Å². The van der Waals surface area contributed by atoms with Gasteiger partial charge in [-0.15, -0.1) is 0 Å². The molecule has 1 atom stereocenters. The van der Waals surface area contributed by atoms with Gasteiger partial charge in [0.1, 0.15) is 11.8 Å². The van der Waals surface area contributed by atoms with Crippen molar-refractivity contribution in [2.75, 3.05) is 18.9 Å². The Bertz CT molecular complexity index is 706. The monoisotopic (exact) mass is 433 g/mol. The van der Waals surface area contributed by atoms with Crippen LogP contribution in [-0.2, 0) is 11.3 Å². The molecule has 3 N–H and O–H groups in total. The Balaban J connectivity index is 1.45. The first-order chi connectivity index (χ1) is 15.3. The van der Waals surface area contributed by atoms with Crippen molar-refractivity contribution in [1.82, 2.24) is 19.5 Å². The maximum atomic E-state index is 9.65. The fourth-order valence-electron chi connectivity index (χ4n) is 3.96. The minimum atomic E-state index is -0.268. The van der Waals surface area contributed by atoms with E-state index in [0.717, 1.165) is 6.42 Å². The van der Waals surface area contributed by atoms with E-state index < -0.39 is 0 Å². The number of rotatable bonds is 19. The van der Waals surface area contributed by atoms with Crippen LogP contribution in [0.5, 0.6) is 0 Å². The van der Waals surface area contributed by atoms with Crippen molar-refractivity contribution < 1.29 is 9.84 Å². The van der Waals surface area contributed by atoms with Crippen LogP contribution in [0.3, 0.4) is 0 Å². The first-order valence-electron chi connectivity index (χ1n) is 12.4. The zero-order valence-electron chi connectivity index (χ0n) is 19.5. The average Bonchev–Trinajstić information content (AvgIpc) is 3.19. The molecule has 2 rings (SSSR count). The van der Waals surface area contributed by atoms with E-state index in [9.17, 15) is 5.11 Å². The normalized spacial score (nSPS) is 12.6. The number of anilines is 1. The summed E-state index contributed by atoms with van der Waals surface area (Å²) in [6, 6.07) is 0. The van der Waals surface area contributed by atoms with Gasteiger partial charge < -0.3 is 20.1 Å². The molecule has 0 aliphatic heterocycles. The summed E-state index contributed by atoms with van der Waals surface area (Å²) in [5, 5.41) is 9.65. The molecule has 0 bridgehead atoms. The van der Waals surface area contributed by atoms with E-state index in [0.29, 0.717) is 30.1 Å². The third kappa shape index (κ3) is 9.95. The molecule has 0 amide bonds. The van der Waals surface area contributed by atoms with Gasteiger partial charge in [-0.2, -0.15) is 0 Å². The molecule has 0 saturated carbocycles. The number of aliphatic hydroxyl groups excluding tert-OH is 1. The predicted octanol–water partition coefficient (Wildman–Crippen LogP) is 5.27. The smallest absolute Gasteiger partial charge is 0.165 e. The quantitative estimate of drug-likeness (QED) is 0.293. The van der Waals surface area contributed by atoms with Crippen molar-refractivity contribution in [3.8, 4) is 0 Å². The molecule has 1 unspecified atom stereocenters. The van der Waals surface area contributed by atoms with Gasteiger partial charge in [0.25, 0.3) is 0 Å². The highest BCUT2D eigenvalue weighted by Gasteiger charge is 2.13. The number of imidazole rings is 1. The van der Waals surface area contributed by atoms with Crippen molar-refractivity contribution in [2.24, 2.45) is 0 Å². The average molecular weight is 434 g/mol. The van der Waals surface area contributed by atoms with E-state index in [4.69, 9.17) is 10.5 Å². The van der Waals surface area contributed by atoms with Gasteiger partial charge in [0.05, 0.1) is 25.6 Å². The minimum absolute atomic E-state index is 0.0289. The van der Waals surface area contributed by atoms with Crippen LogP contribution in [0.1, 0.15) is 96.8 Å². The van der Waals surface area contributed by atoms with Crippen LogP contribution in [0.15, 0.2) is 12.7 Å². The molecule has 0 aromatic carbocycles. The van der Waals surface area contributed by atoms with Crippen LogP contribution in [0.25, 0.3) is 11.2 Å². The number of fused-ring (bicyclic) bond motifs is 1. The van der Waals surface area contributed by atoms with E-state index in [1.165, 1.54) is 89.8 Å². The molecule has 7 heteroatoms. The van der Waals surface area contributed by atoms with Crippen LogP contribution in [0, 0.1) is 0 Å². The lowest BCUT2D eigenvalue weighted by Gasteiger charge is -2.16. The van der Waals surface area contributed by atoms with Crippen molar-refractivity contribution in [3.63, 3.8) is 0 Å². The molecule has 0 aliphatic carbocycles. The maximum absolute atomic E-state index is 9.65. The third-order valence-electron chi connectivity index (χ3n) is 5.88. The Labute approximate surface area is 187 Å². The van der Waals surface area contributed by atoms with Crippen molar-refractivity contribution in [3.05, 3.63) is 12.7 Å². The first kappa shape index (κ1) is 25.5. The number of nitrogens with zero attached hydrogens (tertiary/aromatic N) is 4. The summed E-state index contributed by atoms with van der Waals surface area (Å²) in [6.45, 7) is 3.42. The second-order valence-electron chi connectivity index (χ2n) is 8.60. The Morgan fingerprint density at radius 3 is 2.03 bits per heavy atom. The lowest BCUT2D eigenvalue weighted by molar-refractivity contribution is 0.00183. The van der Waals surface area contributed by atoms with Crippen LogP contribution >= 0.6 is 0 Å². The molecule has 7 nitrogen and oxygen atoms in total. The Morgan fingerprint density at radius 1 is 0.871 bits per heavy atom. The number of nitrogen functional groups attached to an aromatic ring is 1. The van der Waals surface area contributed by atoms with Gasteiger partial charge in [0, 0.05) is 6.61 Å². The second kappa shape index (κ2) is 16.0. The number of aromatic nitrogens is 4. The zero-order chi connectivity index (χ0) is 22.2. The Morgan fingerprint density at radius 2 is 1.45 bits per heavy atom. The molecule has 2 aromatic rings. The first-order valence-corrected chi connectivity index (χ1v) is 12.4. The van der Waals surface area contributed by atoms with Gasteiger partial charge in [0.2, 0.25) is 0 Å². The summed E-state index contributed by atoms with van der Waals surface area (Å²) in [5.74, 6) is 0.368. The summed E-state index contributed by atoms with van der Waals surface area (Å²) in [6.07, 6.45) is 21.6. The lowest BCUT2D eigenvalue weighted by Crippen LogP contribution is -2.24. The summed E-state index contributed by atoms with van der Waals surface area (Å²) >= 11 is 0. The molecule has 0 radical (unpaired) electrons. The standard InChI is InChI=1S/C24H43N5O2/c1-2-3-4-5-6-7-8-9-10-11-12-13-14-15-16-31-21(18-30)17-29-20-28-22-23(25)26-19-27-24(22)29/h19-21,30H,2-18H2,1H3,(H2,25,26,27). The van der Waals surface area contributed by atoms with Gasteiger partial charge in [-0.25, -0.2) is 15.0 Å². The van der Waals surface area contributed by atoms with Gasteiger partial charge in [0.15, 0.2) is 11.5 Å². The number of nitrogens with two attached hydrogens (primary N) is 1. The highest BCUT2D eigenvalue weighted by Crippen LogP contribution is 2.16. The van der Waals surface area contributed by atoms with E-state index in [1.807, 2.05) is 4.57 Å². The number of hydrogen-bond donors (Lipinski definition) is 2. The summed E-state index contributed by atoms with van der Waals surface area (Å²) in [4.78, 5) is 12.4. The molecule has 2 heterocycles. The van der Waals surface area contributed by atoms with Gasteiger partial charge in [-0.3, -0.25) is 0 Å². The number of hydrogen-bond acceptors (Lipinski definition) is 6. The van der Waals surface area contributed by atoms with Crippen LogP contribution < -0.4 is 5.73 Å². The SMILES string of the molecule is CCCCCCCCCCCCCCCCOC(CO)Cn1cnc2c(N)ncnc21. The third-order valence-corrected chi connectivity index (χ3v) is 5.88. The van der Waals surface area contributed by atoms with E-state index in [2.05, 4.69) is 21.9 Å². The molecule has 0 fully saturated rings. The summed E-state index contributed by atoms with van der Waals surface area (Å²) in [5.41, 5.74) is 7.09. The molecular weight excluding hydrogens is 390 g/mol. The summed E-state index contributed by atoms with van der Waals surface area (Å²) in [7, 11) is 0. The Hall–Kier alpha value is -1.73. The fraction of sp³-hybridized carbons (Fsp3) is 0.792. The fourth-order valence-corrected chi connectivity index (χ4v) is 3.96. The Kier molecular flexibility index (Phi) is 13.2. The predicted molar refractivity (Wildman–Crippen MR) is 127 cm³/mol. The van der Waals surface area contributed by atoms with E-state index in [-0.39, 0.29) is 12.7 Å². The van der Waals surface area contributed by atoms with Crippen LogP contribution in [0.4, 0.5) is 5.82 Å². The molecule has 31 heavy (non-hydrogen) atoms. The topological polar surface area (TPSA) is 99.1 Å². The highest BCUT2D eigenvalue weighted by atomic mass is 16.5. The van der Waals surface area contributed by atoms with Crippen molar-refractivity contribution in [2.45, 2.75) is 109 Å². The molecule has 0 saturated heterocycles. The van der Waals surface area contributed by atoms with E-state index in [1.54, 1.807) is 6.33 Å². The van der Waals surface area contributed by atoms with Gasteiger partial charge in [-0.05, 0) is 6.42 Å². The number of ether oxygens (including phenoxy) is 1. The minimum Gasteiger partial charge on any atom is -0.394 e. The second-order valence-corrected chi connectivity index (χ2v) is 8.60. The van der Waals surface area contributed by atoms with Crippen LogP contribution in [0.2, 0.25) is 0 Å². The summed E-state index contributed by atoms with van der Waals surface area (Å²) < 4.78 is 7.74. The van der Waals surface area contributed by atoms with Gasteiger partial charge in [-0.1, -0.05) is 90.4 Å². The zero-order valence-corrected chi connectivity index (χ0v) is 19.5. The molecule has 2 aromatic heterocycles. The molecule has 0 aliphatic rings. The van der Waals surface area contributed by atoms with Crippen LogP contribution in [-0.4, -0.2) is 43.9 Å². The molecular formula is C24H43N5O2. The molecule has 0 spiro atoms. The van der Waals surface area contributed by atoms with E-state index >= 15 is 0 Å². The largest absolute Gasteiger partial charge is 0.394 e. The number of aliphatic hydroxyl groups is 1. The maximum Gasteiger partial charge on any atom is 0.165 e. The number of unbranched alkanes of at least 4 members (excludes halogenated alkanes) is 13. The van der Waals surface area contributed by atoms with Gasteiger partial charge >= 0.3 is 0 Å². The lowest BCUT2D eigenvalue weighted by atomic mass is 10.0. The highest BCUT2D eigenvalue weighted by molar-refractivity contribution is 5.81.